The number of nitrogens with zero attached hydrogens (tertiary/aromatic N) is 2. The van der Waals surface area contributed by atoms with Crippen LogP contribution in [0.5, 0.6) is 0 Å². The molecule has 80 valence electrons. The Bertz CT molecular complexity index is 438. The monoisotopic (exact) mass is 205 g/mol. The molecule has 2 aromatic rings. The number of hydrogen-bond acceptors (Lipinski definition) is 3. The normalized spacial score (nSPS) is 13.2. The van der Waals surface area contributed by atoms with Gasteiger partial charge in [-0.05, 0) is 12.5 Å². The van der Waals surface area contributed by atoms with Crippen LogP contribution in [-0.2, 0) is 6.54 Å². The van der Waals surface area contributed by atoms with Crippen LogP contribution in [0.1, 0.15) is 6.42 Å². The number of hydrogen-bond donors (Lipinski definition) is 2. The summed E-state index contributed by atoms with van der Waals surface area (Å²) in [5.74, 6) is 0. The summed E-state index contributed by atoms with van der Waals surface area (Å²) in [4.78, 5) is 0. The first-order valence-corrected chi connectivity index (χ1v) is 5.08. The molecule has 0 aliphatic carbocycles. The fraction of sp³-hybridized carbons (Fsp3) is 0.364. The molecule has 0 saturated heterocycles. The van der Waals surface area contributed by atoms with Gasteiger partial charge in [0.05, 0.1) is 18.3 Å². The molecule has 1 heterocycles. The van der Waals surface area contributed by atoms with Crippen LogP contribution in [0.25, 0.3) is 10.9 Å². The molecular weight excluding hydrogens is 190 g/mol. The fourth-order valence-corrected chi connectivity index (χ4v) is 1.65. The molecule has 0 aliphatic heterocycles. The molecule has 0 spiro atoms. The summed E-state index contributed by atoms with van der Waals surface area (Å²) >= 11 is 0. The molecule has 1 aromatic carbocycles. The Morgan fingerprint density at radius 3 is 3.00 bits per heavy atom. The quantitative estimate of drug-likeness (QED) is 0.774. The SMILES string of the molecule is NC(CCO)Cn1ncc2ccccc21. The zero-order valence-corrected chi connectivity index (χ0v) is 8.50. The smallest absolute Gasteiger partial charge is 0.0683 e. The maximum atomic E-state index is 8.77. The van der Waals surface area contributed by atoms with Crippen molar-refractivity contribution < 1.29 is 5.11 Å². The highest BCUT2D eigenvalue weighted by molar-refractivity contribution is 5.78. The average Bonchev–Trinajstić information content (AvgIpc) is 2.62. The van der Waals surface area contributed by atoms with E-state index in [1.807, 2.05) is 35.1 Å². The Kier molecular flexibility index (Phi) is 2.99. The molecule has 4 nitrogen and oxygen atoms in total. The molecule has 1 aromatic heterocycles. The standard InChI is InChI=1S/C11H15N3O/c12-10(5-6-15)8-14-11-4-2-1-3-9(11)7-13-14/h1-4,7,10,15H,5-6,8,12H2. The van der Waals surface area contributed by atoms with Gasteiger partial charge in [-0.3, -0.25) is 4.68 Å². The number of nitrogens with two attached hydrogens (primary N) is 1. The van der Waals surface area contributed by atoms with Crippen molar-refractivity contribution in [2.24, 2.45) is 5.73 Å². The molecule has 1 unspecified atom stereocenters. The molecular formula is C11H15N3O. The summed E-state index contributed by atoms with van der Waals surface area (Å²) in [5, 5.41) is 14.2. The van der Waals surface area contributed by atoms with Crippen molar-refractivity contribution in [2.75, 3.05) is 6.61 Å². The van der Waals surface area contributed by atoms with E-state index in [4.69, 9.17) is 10.8 Å². The lowest BCUT2D eigenvalue weighted by atomic mass is 10.2. The summed E-state index contributed by atoms with van der Waals surface area (Å²) in [5.41, 5.74) is 6.93. The van der Waals surface area contributed by atoms with Gasteiger partial charge in [0.25, 0.3) is 0 Å². The number of aliphatic hydroxyl groups is 1. The van der Waals surface area contributed by atoms with Crippen LogP contribution in [-0.4, -0.2) is 27.5 Å². The van der Waals surface area contributed by atoms with Crippen molar-refractivity contribution >= 4 is 10.9 Å². The first-order valence-electron chi connectivity index (χ1n) is 5.08. The van der Waals surface area contributed by atoms with Crippen LogP contribution in [0.4, 0.5) is 0 Å². The van der Waals surface area contributed by atoms with Crippen molar-refractivity contribution in [3.8, 4) is 0 Å². The zero-order valence-electron chi connectivity index (χ0n) is 8.50. The van der Waals surface area contributed by atoms with E-state index in [0.29, 0.717) is 13.0 Å². The second-order valence-electron chi connectivity index (χ2n) is 3.66. The van der Waals surface area contributed by atoms with E-state index in [9.17, 15) is 0 Å². The van der Waals surface area contributed by atoms with Gasteiger partial charge in [0.1, 0.15) is 0 Å². The second kappa shape index (κ2) is 4.42. The van der Waals surface area contributed by atoms with Crippen molar-refractivity contribution in [3.63, 3.8) is 0 Å². The highest BCUT2D eigenvalue weighted by Gasteiger charge is 2.06. The molecule has 1 atom stereocenters. The molecule has 0 fully saturated rings. The highest BCUT2D eigenvalue weighted by atomic mass is 16.3. The molecule has 0 amide bonds. The number of benzene rings is 1. The average molecular weight is 205 g/mol. The van der Waals surface area contributed by atoms with E-state index in [1.54, 1.807) is 0 Å². The lowest BCUT2D eigenvalue weighted by molar-refractivity contribution is 0.269. The third kappa shape index (κ3) is 2.16. The Morgan fingerprint density at radius 1 is 1.40 bits per heavy atom. The second-order valence-corrected chi connectivity index (χ2v) is 3.66. The van der Waals surface area contributed by atoms with E-state index in [0.717, 1.165) is 10.9 Å². The molecule has 0 radical (unpaired) electrons. The van der Waals surface area contributed by atoms with E-state index in [1.165, 1.54) is 0 Å². The molecule has 2 rings (SSSR count). The van der Waals surface area contributed by atoms with Gasteiger partial charge in [-0.15, -0.1) is 0 Å². The first-order chi connectivity index (χ1) is 7.31. The molecule has 15 heavy (non-hydrogen) atoms. The summed E-state index contributed by atoms with van der Waals surface area (Å²) in [6.45, 7) is 0.772. The number of aliphatic hydroxyl groups excluding tert-OH is 1. The molecule has 0 bridgehead atoms. The summed E-state index contributed by atoms with van der Waals surface area (Å²) in [6, 6.07) is 7.98. The third-order valence-corrected chi connectivity index (χ3v) is 2.46. The van der Waals surface area contributed by atoms with Crippen LogP contribution >= 0.6 is 0 Å². The van der Waals surface area contributed by atoms with Gasteiger partial charge in [-0.1, -0.05) is 18.2 Å². The molecule has 4 heteroatoms. The Hall–Kier alpha value is -1.39. The molecule has 0 aliphatic rings. The lowest BCUT2D eigenvalue weighted by Crippen LogP contribution is -2.27. The predicted octanol–water partition coefficient (Wildman–Crippen LogP) is 0.746. The van der Waals surface area contributed by atoms with Crippen LogP contribution in [0.3, 0.4) is 0 Å². The minimum atomic E-state index is -0.0432. The maximum Gasteiger partial charge on any atom is 0.0683 e. The summed E-state index contributed by atoms with van der Waals surface area (Å²) in [6.07, 6.45) is 2.44. The third-order valence-electron chi connectivity index (χ3n) is 2.46. The maximum absolute atomic E-state index is 8.77. The molecule has 0 saturated carbocycles. The van der Waals surface area contributed by atoms with Gasteiger partial charge in [-0.2, -0.15) is 5.10 Å². The Balaban J connectivity index is 2.21. The van der Waals surface area contributed by atoms with Crippen LogP contribution in [0.2, 0.25) is 0 Å². The van der Waals surface area contributed by atoms with E-state index < -0.39 is 0 Å². The number of aromatic nitrogens is 2. The Labute approximate surface area is 88.3 Å². The van der Waals surface area contributed by atoms with Crippen molar-refractivity contribution in [3.05, 3.63) is 30.5 Å². The van der Waals surface area contributed by atoms with Gasteiger partial charge in [0.2, 0.25) is 0 Å². The number of rotatable bonds is 4. The van der Waals surface area contributed by atoms with E-state index in [2.05, 4.69) is 5.10 Å². The van der Waals surface area contributed by atoms with Gasteiger partial charge in [0, 0.05) is 18.0 Å². The van der Waals surface area contributed by atoms with E-state index in [-0.39, 0.29) is 12.6 Å². The minimum Gasteiger partial charge on any atom is -0.396 e. The van der Waals surface area contributed by atoms with Gasteiger partial charge in [0.15, 0.2) is 0 Å². The van der Waals surface area contributed by atoms with Crippen molar-refractivity contribution in [1.29, 1.82) is 0 Å². The fourth-order valence-electron chi connectivity index (χ4n) is 1.65. The number of para-hydroxylation sites is 1. The van der Waals surface area contributed by atoms with Gasteiger partial charge < -0.3 is 10.8 Å². The highest BCUT2D eigenvalue weighted by Crippen LogP contribution is 2.12. The van der Waals surface area contributed by atoms with Crippen molar-refractivity contribution in [1.82, 2.24) is 9.78 Å². The van der Waals surface area contributed by atoms with Gasteiger partial charge in [-0.25, -0.2) is 0 Å². The van der Waals surface area contributed by atoms with Crippen LogP contribution in [0.15, 0.2) is 30.5 Å². The Morgan fingerprint density at radius 2 is 2.20 bits per heavy atom. The largest absolute Gasteiger partial charge is 0.396 e. The predicted molar refractivity (Wildman–Crippen MR) is 59.4 cm³/mol. The molecule has 3 N–H and O–H groups in total. The van der Waals surface area contributed by atoms with Crippen molar-refractivity contribution in [2.45, 2.75) is 19.0 Å². The van der Waals surface area contributed by atoms with Gasteiger partial charge >= 0.3 is 0 Å². The number of fused-ring (bicyclic) bond motifs is 1. The zero-order chi connectivity index (χ0) is 10.7. The first kappa shape index (κ1) is 10.1. The van der Waals surface area contributed by atoms with Crippen LogP contribution in [0, 0.1) is 0 Å². The summed E-state index contributed by atoms with van der Waals surface area (Å²) in [7, 11) is 0. The minimum absolute atomic E-state index is 0.0432. The van der Waals surface area contributed by atoms with Crippen LogP contribution < -0.4 is 5.73 Å². The summed E-state index contributed by atoms with van der Waals surface area (Å²) < 4.78 is 1.88. The topological polar surface area (TPSA) is 64.1 Å². The van der Waals surface area contributed by atoms with E-state index >= 15 is 0 Å². The lowest BCUT2D eigenvalue weighted by Gasteiger charge is -2.10.